The van der Waals surface area contributed by atoms with Gasteiger partial charge >= 0.3 is 0 Å². The van der Waals surface area contributed by atoms with Crippen LogP contribution < -0.4 is 4.72 Å². The van der Waals surface area contributed by atoms with E-state index in [4.69, 9.17) is 0 Å². The molecule has 7 heteroatoms. The molecule has 4 nitrogen and oxygen atoms in total. The monoisotopic (exact) mass is 298 g/mol. The smallest absolute Gasteiger partial charge is 0.244 e. The van der Waals surface area contributed by atoms with Crippen molar-refractivity contribution in [2.75, 3.05) is 0 Å². The Balaban J connectivity index is 2.30. The minimum Gasteiger partial charge on any atom is -0.264 e. The van der Waals surface area contributed by atoms with Crippen molar-refractivity contribution in [2.45, 2.75) is 17.9 Å². The van der Waals surface area contributed by atoms with Gasteiger partial charge in [0.25, 0.3) is 0 Å². The van der Waals surface area contributed by atoms with Gasteiger partial charge in [-0.2, -0.15) is 0 Å². The van der Waals surface area contributed by atoms with Gasteiger partial charge in [-0.3, -0.25) is 4.98 Å². The zero-order chi connectivity index (χ0) is 14.8. The van der Waals surface area contributed by atoms with Crippen LogP contribution in [-0.4, -0.2) is 13.4 Å². The molecule has 0 aliphatic carbocycles. The van der Waals surface area contributed by atoms with E-state index in [-0.39, 0.29) is 0 Å². The topological polar surface area (TPSA) is 59.1 Å². The number of nitrogens with one attached hydrogen (secondary N) is 1. The van der Waals surface area contributed by atoms with Crippen molar-refractivity contribution in [2.24, 2.45) is 0 Å². The zero-order valence-corrected chi connectivity index (χ0v) is 11.4. The molecule has 1 atom stereocenters. The minimum absolute atomic E-state index is 0.614. The maximum absolute atomic E-state index is 13.5. The first-order chi connectivity index (χ1) is 9.40. The highest BCUT2D eigenvalue weighted by Crippen LogP contribution is 2.19. The van der Waals surface area contributed by atoms with Crippen molar-refractivity contribution < 1.29 is 17.2 Å². The average molecular weight is 298 g/mol. The van der Waals surface area contributed by atoms with Crippen molar-refractivity contribution in [3.8, 4) is 0 Å². The van der Waals surface area contributed by atoms with E-state index in [1.807, 2.05) is 0 Å². The fourth-order valence-corrected chi connectivity index (χ4v) is 3.00. The molecule has 0 unspecified atom stereocenters. The molecular formula is C13H12F2N2O2S. The Morgan fingerprint density at radius 3 is 2.65 bits per heavy atom. The summed E-state index contributed by atoms with van der Waals surface area (Å²) < 4.78 is 53.0. The van der Waals surface area contributed by atoms with E-state index >= 15 is 0 Å². The van der Waals surface area contributed by atoms with Crippen LogP contribution in [0, 0.1) is 11.6 Å². The molecule has 0 amide bonds. The van der Waals surface area contributed by atoms with Crippen LogP contribution in [0.5, 0.6) is 0 Å². The number of hydrogen-bond donors (Lipinski definition) is 1. The van der Waals surface area contributed by atoms with Gasteiger partial charge in [0.15, 0.2) is 0 Å². The van der Waals surface area contributed by atoms with Gasteiger partial charge in [0, 0.05) is 18.4 Å². The van der Waals surface area contributed by atoms with Crippen LogP contribution in [0.1, 0.15) is 18.5 Å². The number of pyridine rings is 1. The highest BCUT2D eigenvalue weighted by atomic mass is 32.2. The van der Waals surface area contributed by atoms with Crippen LogP contribution in [0.2, 0.25) is 0 Å². The van der Waals surface area contributed by atoms with Crippen molar-refractivity contribution in [3.63, 3.8) is 0 Å². The second kappa shape index (κ2) is 5.64. The lowest BCUT2D eigenvalue weighted by Crippen LogP contribution is -2.27. The van der Waals surface area contributed by atoms with E-state index in [1.165, 1.54) is 6.20 Å². The first-order valence-electron chi connectivity index (χ1n) is 5.77. The molecule has 0 radical (unpaired) electrons. The molecule has 0 aliphatic rings. The molecule has 20 heavy (non-hydrogen) atoms. The molecular weight excluding hydrogens is 286 g/mol. The van der Waals surface area contributed by atoms with Crippen LogP contribution in [0.3, 0.4) is 0 Å². The first-order valence-corrected chi connectivity index (χ1v) is 7.26. The highest BCUT2D eigenvalue weighted by Gasteiger charge is 2.22. The number of nitrogens with zero attached hydrogens (tertiary/aromatic N) is 1. The number of aromatic nitrogens is 1. The van der Waals surface area contributed by atoms with Crippen molar-refractivity contribution >= 4 is 10.0 Å². The molecule has 1 heterocycles. The molecule has 0 saturated carbocycles. The van der Waals surface area contributed by atoms with E-state index in [9.17, 15) is 17.2 Å². The molecule has 0 fully saturated rings. The normalized spacial score (nSPS) is 13.2. The summed E-state index contributed by atoms with van der Waals surface area (Å²) in [4.78, 5) is 3.16. The van der Waals surface area contributed by atoms with E-state index < -0.39 is 32.6 Å². The Hall–Kier alpha value is -1.86. The first kappa shape index (κ1) is 14.5. The molecule has 0 aliphatic heterocycles. The quantitative estimate of drug-likeness (QED) is 0.943. The lowest BCUT2D eigenvalue weighted by Gasteiger charge is -2.14. The highest BCUT2D eigenvalue weighted by molar-refractivity contribution is 7.89. The minimum atomic E-state index is -4.15. The molecule has 0 bridgehead atoms. The van der Waals surface area contributed by atoms with E-state index in [0.29, 0.717) is 11.6 Å². The largest absolute Gasteiger partial charge is 0.264 e. The summed E-state index contributed by atoms with van der Waals surface area (Å²) in [7, 11) is -4.15. The van der Waals surface area contributed by atoms with Crippen LogP contribution in [0.25, 0.3) is 0 Å². The standard InChI is InChI=1S/C13H12F2N2O2S/c1-9(10-3-2-6-16-8-10)17-20(18,19)13-7-11(14)4-5-12(13)15/h2-9,17H,1H3/t9-/m1/s1. The third-order valence-electron chi connectivity index (χ3n) is 2.70. The predicted molar refractivity (Wildman–Crippen MR) is 69.3 cm³/mol. The Labute approximate surface area is 115 Å². The Kier molecular flexibility index (Phi) is 4.10. The Morgan fingerprint density at radius 1 is 1.25 bits per heavy atom. The predicted octanol–water partition coefficient (Wildman–Crippen LogP) is 2.40. The molecule has 1 aromatic carbocycles. The number of halogens is 2. The fraction of sp³-hybridized carbons (Fsp3) is 0.154. The van der Waals surface area contributed by atoms with E-state index in [0.717, 1.165) is 12.1 Å². The third-order valence-corrected chi connectivity index (χ3v) is 4.25. The summed E-state index contributed by atoms with van der Waals surface area (Å²) in [6.07, 6.45) is 3.05. The number of hydrogen-bond acceptors (Lipinski definition) is 3. The van der Waals surface area contributed by atoms with Gasteiger partial charge in [0.05, 0.1) is 0 Å². The van der Waals surface area contributed by atoms with E-state index in [2.05, 4.69) is 9.71 Å². The van der Waals surface area contributed by atoms with Crippen LogP contribution >= 0.6 is 0 Å². The summed E-state index contributed by atoms with van der Waals surface area (Å²) in [6, 6.07) is 5.01. The summed E-state index contributed by atoms with van der Waals surface area (Å²) >= 11 is 0. The molecule has 106 valence electrons. The Morgan fingerprint density at radius 2 is 2.00 bits per heavy atom. The van der Waals surface area contributed by atoms with Crippen molar-refractivity contribution in [1.82, 2.24) is 9.71 Å². The van der Waals surface area contributed by atoms with Crippen molar-refractivity contribution in [3.05, 3.63) is 59.9 Å². The maximum Gasteiger partial charge on any atom is 0.244 e. The molecule has 1 aromatic heterocycles. The van der Waals surface area contributed by atoms with Crippen LogP contribution in [-0.2, 0) is 10.0 Å². The fourth-order valence-electron chi connectivity index (χ4n) is 1.68. The lowest BCUT2D eigenvalue weighted by atomic mass is 10.2. The zero-order valence-electron chi connectivity index (χ0n) is 10.5. The number of benzene rings is 1. The molecule has 0 saturated heterocycles. The van der Waals surface area contributed by atoms with Gasteiger partial charge in [0.1, 0.15) is 16.5 Å². The average Bonchev–Trinajstić information content (AvgIpc) is 2.42. The van der Waals surface area contributed by atoms with Gasteiger partial charge in [-0.05, 0) is 36.8 Å². The van der Waals surface area contributed by atoms with Gasteiger partial charge in [0.2, 0.25) is 10.0 Å². The van der Waals surface area contributed by atoms with Crippen LogP contribution in [0.15, 0.2) is 47.6 Å². The molecule has 2 aromatic rings. The van der Waals surface area contributed by atoms with Gasteiger partial charge in [-0.25, -0.2) is 21.9 Å². The number of sulfonamides is 1. The summed E-state index contributed by atoms with van der Waals surface area (Å²) in [5.74, 6) is -1.82. The molecule has 1 N–H and O–H groups in total. The summed E-state index contributed by atoms with van der Waals surface area (Å²) in [6.45, 7) is 1.59. The van der Waals surface area contributed by atoms with Gasteiger partial charge < -0.3 is 0 Å². The third kappa shape index (κ3) is 3.17. The van der Waals surface area contributed by atoms with Crippen molar-refractivity contribution in [1.29, 1.82) is 0 Å². The molecule has 2 rings (SSSR count). The summed E-state index contributed by atoms with van der Waals surface area (Å²) in [5, 5.41) is 0. The maximum atomic E-state index is 13.5. The lowest BCUT2D eigenvalue weighted by molar-refractivity contribution is 0.538. The summed E-state index contributed by atoms with van der Waals surface area (Å²) in [5.41, 5.74) is 0.618. The SMILES string of the molecule is C[C@@H](NS(=O)(=O)c1cc(F)ccc1F)c1cccnc1. The molecule has 0 spiro atoms. The van der Waals surface area contributed by atoms with E-state index in [1.54, 1.807) is 25.3 Å². The van der Waals surface area contributed by atoms with Gasteiger partial charge in [-0.1, -0.05) is 6.07 Å². The Bertz CT molecular complexity index is 706. The number of rotatable bonds is 4. The van der Waals surface area contributed by atoms with Gasteiger partial charge in [-0.15, -0.1) is 0 Å². The van der Waals surface area contributed by atoms with Crippen LogP contribution in [0.4, 0.5) is 8.78 Å². The second-order valence-electron chi connectivity index (χ2n) is 4.20. The second-order valence-corrected chi connectivity index (χ2v) is 5.89.